The van der Waals surface area contributed by atoms with Crippen molar-refractivity contribution < 1.29 is 24.2 Å². The van der Waals surface area contributed by atoms with Crippen LogP contribution in [0.1, 0.15) is 51.4 Å². The highest BCUT2D eigenvalue weighted by molar-refractivity contribution is 6.08. The van der Waals surface area contributed by atoms with E-state index < -0.39 is 17.4 Å². The number of nitrogens with one attached hydrogen (secondary N) is 1. The van der Waals surface area contributed by atoms with Gasteiger partial charge in [0.05, 0.1) is 18.4 Å². The Labute approximate surface area is 198 Å². The number of carboxylic acid groups (broad SMARTS) is 1. The molecule has 176 valence electrons. The summed E-state index contributed by atoms with van der Waals surface area (Å²) in [7, 11) is 1.45. The van der Waals surface area contributed by atoms with Crippen LogP contribution in [0, 0.1) is 6.92 Å². The highest BCUT2D eigenvalue weighted by atomic mass is 16.5. The number of carbonyl (C=O) groups excluding carboxylic acids is 2. The molecule has 1 aromatic heterocycles. The van der Waals surface area contributed by atoms with E-state index in [1.54, 1.807) is 30.3 Å². The summed E-state index contributed by atoms with van der Waals surface area (Å²) in [4.78, 5) is 37.0. The number of ketones is 1. The van der Waals surface area contributed by atoms with Gasteiger partial charge in [-0.25, -0.2) is 4.79 Å². The van der Waals surface area contributed by atoms with Crippen LogP contribution in [0.4, 0.5) is 0 Å². The lowest BCUT2D eigenvalue weighted by atomic mass is 10.0. The fraction of sp³-hybridized carbons (Fsp3) is 0.222. The minimum Gasteiger partial charge on any atom is -0.495 e. The molecular formula is C27H28N2O5. The quantitative estimate of drug-likeness (QED) is 0.463. The molecule has 0 saturated heterocycles. The van der Waals surface area contributed by atoms with Crippen molar-refractivity contribution in [1.29, 1.82) is 0 Å². The van der Waals surface area contributed by atoms with Gasteiger partial charge in [-0.15, -0.1) is 0 Å². The predicted octanol–water partition coefficient (Wildman–Crippen LogP) is 4.34. The normalized spacial score (nSPS) is 11.4. The number of rotatable bonds is 9. The maximum Gasteiger partial charge on any atom is 0.328 e. The Bertz CT molecular complexity index is 1240. The monoisotopic (exact) mass is 460 g/mol. The topological polar surface area (TPSA) is 97.6 Å². The fourth-order valence-corrected chi connectivity index (χ4v) is 3.42. The Hall–Kier alpha value is -4.13. The van der Waals surface area contributed by atoms with E-state index >= 15 is 0 Å². The molecule has 0 aliphatic carbocycles. The third-order valence-electron chi connectivity index (χ3n) is 5.43. The average Bonchev–Trinajstić information content (AvgIpc) is 3.27. The van der Waals surface area contributed by atoms with Crippen LogP contribution in [0.3, 0.4) is 0 Å². The number of benzene rings is 2. The lowest BCUT2D eigenvalue weighted by Gasteiger charge is -2.22. The van der Waals surface area contributed by atoms with Gasteiger partial charge in [0.2, 0.25) is 5.78 Å². The van der Waals surface area contributed by atoms with Crippen molar-refractivity contribution in [3.05, 3.63) is 94.8 Å². The van der Waals surface area contributed by atoms with Gasteiger partial charge in [-0.05, 0) is 39.0 Å². The van der Waals surface area contributed by atoms with Gasteiger partial charge in [0.1, 0.15) is 11.3 Å². The average molecular weight is 461 g/mol. The van der Waals surface area contributed by atoms with Gasteiger partial charge < -0.3 is 19.7 Å². The minimum atomic E-state index is -1.43. The Morgan fingerprint density at radius 1 is 1.06 bits per heavy atom. The van der Waals surface area contributed by atoms with E-state index in [0.29, 0.717) is 29.1 Å². The van der Waals surface area contributed by atoms with Crippen LogP contribution in [0.5, 0.6) is 5.75 Å². The molecule has 7 nitrogen and oxygen atoms in total. The molecule has 0 aliphatic rings. The molecular weight excluding hydrogens is 432 g/mol. The number of aryl methyl sites for hydroxylation is 1. The predicted molar refractivity (Wildman–Crippen MR) is 130 cm³/mol. The van der Waals surface area contributed by atoms with Crippen molar-refractivity contribution in [2.75, 3.05) is 7.11 Å². The molecule has 0 radical (unpaired) electrons. The van der Waals surface area contributed by atoms with E-state index in [1.165, 1.54) is 21.0 Å². The Kier molecular flexibility index (Phi) is 7.36. The largest absolute Gasteiger partial charge is 0.495 e. The smallest absolute Gasteiger partial charge is 0.328 e. The van der Waals surface area contributed by atoms with E-state index in [-0.39, 0.29) is 11.3 Å². The molecule has 0 atom stereocenters. The number of allylic oxidation sites excluding steroid dienone is 1. The standard InChI is InChI=1S/C27H28N2O5/c1-18-12-14-19(15-13-18)23(30)22-11-7-17-29(22)16-6-9-20-8-5-10-21(24(20)34-4)25(31)28-27(2,3)26(32)33/h5-15,17H,16H2,1-4H3,(H,28,31)(H,32,33)/b9-6+. The first-order valence-corrected chi connectivity index (χ1v) is 10.8. The lowest BCUT2D eigenvalue weighted by Crippen LogP contribution is -2.49. The Morgan fingerprint density at radius 2 is 1.76 bits per heavy atom. The zero-order valence-electron chi connectivity index (χ0n) is 19.7. The molecule has 34 heavy (non-hydrogen) atoms. The number of nitrogens with zero attached hydrogens (tertiary/aromatic N) is 1. The van der Waals surface area contributed by atoms with Crippen LogP contribution < -0.4 is 10.1 Å². The summed E-state index contributed by atoms with van der Waals surface area (Å²) < 4.78 is 7.31. The summed E-state index contributed by atoms with van der Waals surface area (Å²) in [6.07, 6.45) is 5.51. The van der Waals surface area contributed by atoms with Crippen molar-refractivity contribution in [2.45, 2.75) is 32.9 Å². The lowest BCUT2D eigenvalue weighted by molar-refractivity contribution is -0.143. The van der Waals surface area contributed by atoms with E-state index in [1.807, 2.05) is 54.1 Å². The number of methoxy groups -OCH3 is 1. The summed E-state index contributed by atoms with van der Waals surface area (Å²) in [5, 5.41) is 11.8. The van der Waals surface area contributed by atoms with Crippen molar-refractivity contribution >= 4 is 23.7 Å². The number of aliphatic carboxylic acids is 1. The Morgan fingerprint density at radius 3 is 2.41 bits per heavy atom. The first kappa shape index (κ1) is 24.5. The molecule has 0 spiro atoms. The van der Waals surface area contributed by atoms with Gasteiger partial charge in [0, 0.05) is 23.9 Å². The Balaban J connectivity index is 1.80. The van der Waals surface area contributed by atoms with Gasteiger partial charge in [0.15, 0.2) is 0 Å². The van der Waals surface area contributed by atoms with E-state index in [9.17, 15) is 19.5 Å². The third kappa shape index (κ3) is 5.43. The zero-order valence-corrected chi connectivity index (χ0v) is 19.7. The molecule has 2 aromatic carbocycles. The van der Waals surface area contributed by atoms with E-state index in [4.69, 9.17) is 4.74 Å². The van der Waals surface area contributed by atoms with Crippen LogP contribution >= 0.6 is 0 Å². The second-order valence-corrected chi connectivity index (χ2v) is 8.46. The molecule has 0 bridgehead atoms. The maximum absolute atomic E-state index is 12.9. The first-order chi connectivity index (χ1) is 16.1. The molecule has 1 heterocycles. The molecule has 3 rings (SSSR count). The number of hydrogen-bond acceptors (Lipinski definition) is 4. The van der Waals surface area contributed by atoms with E-state index in [2.05, 4.69) is 5.32 Å². The molecule has 3 aromatic rings. The SMILES string of the molecule is COc1c(/C=C/Cn2cccc2C(=O)c2ccc(C)cc2)cccc1C(=O)NC(C)(C)C(=O)O. The van der Waals surface area contributed by atoms with Crippen LogP contribution in [0.15, 0.2) is 66.9 Å². The summed E-state index contributed by atoms with van der Waals surface area (Å²) in [5.41, 5.74) is 1.75. The van der Waals surface area contributed by atoms with Crippen molar-refractivity contribution in [1.82, 2.24) is 9.88 Å². The fourth-order valence-electron chi connectivity index (χ4n) is 3.42. The second kappa shape index (κ2) is 10.2. The highest BCUT2D eigenvalue weighted by Gasteiger charge is 2.30. The number of carboxylic acids is 1. The van der Waals surface area contributed by atoms with Crippen molar-refractivity contribution in [3.63, 3.8) is 0 Å². The molecule has 2 N–H and O–H groups in total. The first-order valence-electron chi connectivity index (χ1n) is 10.8. The second-order valence-electron chi connectivity index (χ2n) is 8.46. The summed E-state index contributed by atoms with van der Waals surface area (Å²) in [5.74, 6) is -1.41. The molecule has 0 aliphatic heterocycles. The van der Waals surface area contributed by atoms with E-state index in [0.717, 1.165) is 5.56 Å². The zero-order chi connectivity index (χ0) is 24.9. The number of para-hydroxylation sites is 1. The summed E-state index contributed by atoms with van der Waals surface area (Å²) in [6, 6.07) is 16.1. The molecule has 0 unspecified atom stereocenters. The van der Waals surface area contributed by atoms with Crippen LogP contribution in [0.2, 0.25) is 0 Å². The summed E-state index contributed by atoms with van der Waals surface area (Å²) in [6.45, 7) is 5.24. The van der Waals surface area contributed by atoms with Gasteiger partial charge in [-0.1, -0.05) is 54.1 Å². The number of amides is 1. The minimum absolute atomic E-state index is 0.0595. The van der Waals surface area contributed by atoms with Crippen molar-refractivity contribution in [3.8, 4) is 5.75 Å². The summed E-state index contributed by atoms with van der Waals surface area (Å²) >= 11 is 0. The molecule has 0 saturated carbocycles. The number of ether oxygens (including phenoxy) is 1. The van der Waals surface area contributed by atoms with Gasteiger partial charge >= 0.3 is 5.97 Å². The van der Waals surface area contributed by atoms with Gasteiger partial charge in [0.25, 0.3) is 5.91 Å². The van der Waals surface area contributed by atoms with Crippen molar-refractivity contribution in [2.24, 2.45) is 0 Å². The number of carbonyl (C=O) groups is 3. The molecule has 0 fully saturated rings. The van der Waals surface area contributed by atoms with Crippen LogP contribution in [0.25, 0.3) is 6.08 Å². The number of aromatic nitrogens is 1. The van der Waals surface area contributed by atoms with Gasteiger partial charge in [-0.3, -0.25) is 9.59 Å². The maximum atomic E-state index is 12.9. The number of hydrogen-bond donors (Lipinski definition) is 2. The third-order valence-corrected chi connectivity index (χ3v) is 5.43. The van der Waals surface area contributed by atoms with Gasteiger partial charge in [-0.2, -0.15) is 0 Å². The van der Waals surface area contributed by atoms with Crippen LogP contribution in [-0.4, -0.2) is 40.0 Å². The molecule has 7 heteroatoms. The van der Waals surface area contributed by atoms with Crippen LogP contribution in [-0.2, 0) is 11.3 Å². The molecule has 1 amide bonds. The highest BCUT2D eigenvalue weighted by Crippen LogP contribution is 2.26.